The molecule has 1 aromatic carbocycles. The van der Waals surface area contributed by atoms with Crippen LogP contribution in [0.2, 0.25) is 0 Å². The van der Waals surface area contributed by atoms with Crippen LogP contribution in [0.25, 0.3) is 0 Å². The zero-order valence-electron chi connectivity index (χ0n) is 21.4. The molecule has 1 saturated heterocycles. The van der Waals surface area contributed by atoms with E-state index in [1.54, 1.807) is 0 Å². The Morgan fingerprint density at radius 2 is 1.74 bits per heavy atom. The molecular formula is C28H43N3O3. The molecule has 0 aromatic heterocycles. The molecule has 0 bridgehead atoms. The number of rotatable bonds is 9. The standard InChI is InChI=1S/C28H43N3O3/c1-19(2)27(33)26(21-10-6-5-7-11-21)30-28(34)23-13-8-12-22(16-23)24-14-9-15-31(18-24)25(32)17-29-20(3)4/h8,12-13,16,19-21,24,26,29H,5-7,9-11,14-15,17-18H2,1-4H3,(H,30,34). The van der Waals surface area contributed by atoms with Gasteiger partial charge in [0.2, 0.25) is 5.91 Å². The molecule has 1 aliphatic heterocycles. The SMILES string of the molecule is CC(C)NCC(=O)N1CCCC(c2cccc(C(=O)NC(C(=O)C(C)C)C3CCCCC3)c2)C1. The molecule has 0 radical (unpaired) electrons. The predicted octanol–water partition coefficient (Wildman–Crippen LogP) is 4.29. The minimum Gasteiger partial charge on any atom is -0.342 e. The maximum absolute atomic E-state index is 13.2. The molecule has 1 aliphatic carbocycles. The van der Waals surface area contributed by atoms with Crippen molar-refractivity contribution >= 4 is 17.6 Å². The van der Waals surface area contributed by atoms with Gasteiger partial charge in [0.1, 0.15) is 0 Å². The molecule has 1 saturated carbocycles. The van der Waals surface area contributed by atoms with Gasteiger partial charge in [-0.25, -0.2) is 0 Å². The third kappa shape index (κ3) is 7.14. The van der Waals surface area contributed by atoms with Gasteiger partial charge in [-0.2, -0.15) is 0 Å². The van der Waals surface area contributed by atoms with E-state index in [-0.39, 0.29) is 41.4 Å². The molecule has 2 N–H and O–H groups in total. The van der Waals surface area contributed by atoms with Crippen molar-refractivity contribution in [3.8, 4) is 0 Å². The Bertz CT molecular complexity index is 845. The number of amides is 2. The summed E-state index contributed by atoms with van der Waals surface area (Å²) in [6, 6.07) is 7.63. The van der Waals surface area contributed by atoms with E-state index in [2.05, 4.69) is 16.7 Å². The lowest BCUT2D eigenvalue weighted by Crippen LogP contribution is -2.48. The monoisotopic (exact) mass is 469 g/mol. The minimum atomic E-state index is -0.410. The Hall–Kier alpha value is -2.21. The number of benzene rings is 1. The van der Waals surface area contributed by atoms with Crippen LogP contribution >= 0.6 is 0 Å². The van der Waals surface area contributed by atoms with E-state index in [0.29, 0.717) is 18.7 Å². The van der Waals surface area contributed by atoms with Crippen molar-refractivity contribution in [2.75, 3.05) is 19.6 Å². The van der Waals surface area contributed by atoms with Crippen molar-refractivity contribution < 1.29 is 14.4 Å². The molecular weight excluding hydrogens is 426 g/mol. The summed E-state index contributed by atoms with van der Waals surface area (Å²) >= 11 is 0. The third-order valence-corrected chi connectivity index (χ3v) is 7.34. The highest BCUT2D eigenvalue weighted by molar-refractivity contribution is 5.98. The van der Waals surface area contributed by atoms with Crippen LogP contribution in [0, 0.1) is 11.8 Å². The molecule has 1 aromatic rings. The van der Waals surface area contributed by atoms with Crippen molar-refractivity contribution in [2.24, 2.45) is 11.8 Å². The fourth-order valence-electron chi connectivity index (χ4n) is 5.29. The predicted molar refractivity (Wildman–Crippen MR) is 136 cm³/mol. The maximum Gasteiger partial charge on any atom is 0.251 e. The van der Waals surface area contributed by atoms with E-state index in [1.165, 1.54) is 6.42 Å². The first kappa shape index (κ1) is 26.4. The maximum atomic E-state index is 13.2. The second-order valence-corrected chi connectivity index (χ2v) is 10.7. The van der Waals surface area contributed by atoms with Crippen molar-refractivity contribution in [3.63, 3.8) is 0 Å². The average molecular weight is 470 g/mol. The number of nitrogens with one attached hydrogen (secondary N) is 2. The largest absolute Gasteiger partial charge is 0.342 e. The highest BCUT2D eigenvalue weighted by atomic mass is 16.2. The summed E-state index contributed by atoms with van der Waals surface area (Å²) in [7, 11) is 0. The van der Waals surface area contributed by atoms with Crippen LogP contribution in [0.15, 0.2) is 24.3 Å². The summed E-state index contributed by atoms with van der Waals surface area (Å²) < 4.78 is 0. The van der Waals surface area contributed by atoms with E-state index in [0.717, 1.165) is 50.6 Å². The van der Waals surface area contributed by atoms with Gasteiger partial charge in [-0.1, -0.05) is 59.1 Å². The zero-order valence-corrected chi connectivity index (χ0v) is 21.4. The van der Waals surface area contributed by atoms with E-state index < -0.39 is 6.04 Å². The van der Waals surface area contributed by atoms with Crippen LogP contribution in [-0.4, -0.2) is 54.2 Å². The Balaban J connectivity index is 1.69. The van der Waals surface area contributed by atoms with Gasteiger partial charge < -0.3 is 15.5 Å². The number of carbonyl (C=O) groups excluding carboxylic acids is 3. The second-order valence-electron chi connectivity index (χ2n) is 10.7. The number of piperidine rings is 1. The van der Waals surface area contributed by atoms with Gasteiger partial charge in [-0.05, 0) is 49.3 Å². The quantitative estimate of drug-likeness (QED) is 0.565. The van der Waals surface area contributed by atoms with Gasteiger partial charge >= 0.3 is 0 Å². The summed E-state index contributed by atoms with van der Waals surface area (Å²) in [6.07, 6.45) is 7.43. The minimum absolute atomic E-state index is 0.102. The number of likely N-dealkylation sites (tertiary alicyclic amines) is 1. The summed E-state index contributed by atoms with van der Waals surface area (Å²) in [5.74, 6) is 0.442. The van der Waals surface area contributed by atoms with Gasteiger partial charge in [0.25, 0.3) is 5.91 Å². The molecule has 3 rings (SSSR count). The molecule has 34 heavy (non-hydrogen) atoms. The van der Waals surface area contributed by atoms with Crippen molar-refractivity contribution in [2.45, 2.75) is 90.6 Å². The van der Waals surface area contributed by atoms with Crippen LogP contribution < -0.4 is 10.6 Å². The summed E-state index contributed by atoms with van der Waals surface area (Å²) in [4.78, 5) is 40.8. The number of hydrogen-bond donors (Lipinski definition) is 2. The molecule has 6 heteroatoms. The van der Waals surface area contributed by atoms with E-state index >= 15 is 0 Å². The smallest absolute Gasteiger partial charge is 0.251 e. The number of carbonyl (C=O) groups is 3. The van der Waals surface area contributed by atoms with Crippen LogP contribution in [0.3, 0.4) is 0 Å². The van der Waals surface area contributed by atoms with Gasteiger partial charge in [0.05, 0.1) is 12.6 Å². The summed E-state index contributed by atoms with van der Waals surface area (Å²) in [5, 5.41) is 6.32. The lowest BCUT2D eigenvalue weighted by atomic mass is 9.80. The van der Waals surface area contributed by atoms with E-state index in [9.17, 15) is 14.4 Å². The van der Waals surface area contributed by atoms with Crippen LogP contribution in [-0.2, 0) is 9.59 Å². The number of hydrogen-bond acceptors (Lipinski definition) is 4. The normalized spacial score (nSPS) is 20.4. The fourth-order valence-corrected chi connectivity index (χ4v) is 5.29. The number of nitrogens with zero attached hydrogens (tertiary/aromatic N) is 1. The topological polar surface area (TPSA) is 78.5 Å². The van der Waals surface area contributed by atoms with Crippen molar-refractivity contribution in [1.29, 1.82) is 0 Å². The number of ketones is 1. The first-order valence-corrected chi connectivity index (χ1v) is 13.2. The lowest BCUT2D eigenvalue weighted by Gasteiger charge is -2.33. The Morgan fingerprint density at radius 3 is 2.41 bits per heavy atom. The molecule has 0 spiro atoms. The average Bonchev–Trinajstić information content (AvgIpc) is 2.85. The molecule has 188 valence electrons. The summed E-state index contributed by atoms with van der Waals surface area (Å²) in [6.45, 7) is 9.73. The van der Waals surface area contributed by atoms with Crippen LogP contribution in [0.4, 0.5) is 0 Å². The fraction of sp³-hybridized carbons (Fsp3) is 0.679. The van der Waals surface area contributed by atoms with E-state index in [4.69, 9.17) is 0 Å². The first-order chi connectivity index (χ1) is 16.3. The molecule has 6 nitrogen and oxygen atoms in total. The van der Waals surface area contributed by atoms with Gasteiger partial charge in [0, 0.05) is 36.5 Å². The molecule has 2 atom stereocenters. The highest BCUT2D eigenvalue weighted by Gasteiger charge is 2.32. The van der Waals surface area contributed by atoms with Gasteiger partial charge in [-0.15, -0.1) is 0 Å². The molecule has 2 unspecified atom stereocenters. The molecule has 2 fully saturated rings. The Labute approximate surface area is 205 Å². The van der Waals surface area contributed by atoms with Gasteiger partial charge in [0.15, 0.2) is 5.78 Å². The highest BCUT2D eigenvalue weighted by Crippen LogP contribution is 2.29. The van der Waals surface area contributed by atoms with Crippen molar-refractivity contribution in [1.82, 2.24) is 15.5 Å². The van der Waals surface area contributed by atoms with E-state index in [1.807, 2.05) is 50.8 Å². The Kier molecular flexibility index (Phi) is 9.69. The van der Waals surface area contributed by atoms with Crippen LogP contribution in [0.5, 0.6) is 0 Å². The second kappa shape index (κ2) is 12.5. The lowest BCUT2D eigenvalue weighted by molar-refractivity contribution is -0.131. The molecule has 1 heterocycles. The number of Topliss-reactive ketones (excluding diaryl/α,β-unsaturated/α-hetero) is 1. The van der Waals surface area contributed by atoms with Crippen molar-refractivity contribution in [3.05, 3.63) is 35.4 Å². The molecule has 2 aliphatic rings. The molecule has 2 amide bonds. The van der Waals surface area contributed by atoms with Gasteiger partial charge in [-0.3, -0.25) is 14.4 Å². The third-order valence-electron chi connectivity index (χ3n) is 7.34. The summed E-state index contributed by atoms with van der Waals surface area (Å²) in [5.41, 5.74) is 1.69. The zero-order chi connectivity index (χ0) is 24.7. The van der Waals surface area contributed by atoms with Crippen LogP contribution in [0.1, 0.15) is 94.5 Å². The first-order valence-electron chi connectivity index (χ1n) is 13.2. The Morgan fingerprint density at radius 1 is 1.00 bits per heavy atom.